The van der Waals surface area contributed by atoms with Crippen molar-refractivity contribution in [3.63, 3.8) is 0 Å². The smallest absolute Gasteiger partial charge is 0.261 e. The van der Waals surface area contributed by atoms with Gasteiger partial charge in [0.15, 0.2) is 11.3 Å². The number of nitrogens with one attached hydrogen (secondary N) is 2. The quantitative estimate of drug-likeness (QED) is 0.120. The van der Waals surface area contributed by atoms with Gasteiger partial charge in [-0.3, -0.25) is 19.2 Å². The SMILES string of the molecule is CC(C)(O)C1CCC(N2Cc3cc(NC(=O)c4cnn5cccnc45)c(N4CCOCC4)cc3C2=O)CC1.CC(C)(O)C1CCC(N2Cc3cc(NC(=O)c4cnn5cccnc45)c(N4CCOCC4)cc3C2=O)CC1. The summed E-state index contributed by atoms with van der Waals surface area (Å²) in [7, 11) is 0. The number of nitrogens with zero attached hydrogens (tertiary/aromatic N) is 10. The molecule has 8 heterocycles. The van der Waals surface area contributed by atoms with Crippen LogP contribution in [-0.4, -0.2) is 149 Å². The predicted molar refractivity (Wildman–Crippen MR) is 285 cm³/mol. The Morgan fingerprint density at radius 2 is 0.961 bits per heavy atom. The van der Waals surface area contributed by atoms with Gasteiger partial charge < -0.3 is 49.9 Å². The first kappa shape index (κ1) is 51.1. The molecule has 20 heteroatoms. The van der Waals surface area contributed by atoms with E-state index in [0.29, 0.717) is 111 Å². The Kier molecular flexibility index (Phi) is 14.0. The van der Waals surface area contributed by atoms with Crippen LogP contribution in [0.25, 0.3) is 11.3 Å². The lowest BCUT2D eigenvalue weighted by Gasteiger charge is -2.39. The zero-order valence-corrected chi connectivity index (χ0v) is 43.8. The minimum atomic E-state index is -0.695. The number of anilines is 4. The van der Waals surface area contributed by atoms with E-state index in [9.17, 15) is 29.4 Å². The number of ether oxygens (including phenoxy) is 2. The average molecular weight is 1040 g/mol. The summed E-state index contributed by atoms with van der Waals surface area (Å²) in [5.74, 6) is 0.0152. The highest BCUT2D eigenvalue weighted by molar-refractivity contribution is 6.11. The summed E-state index contributed by atoms with van der Waals surface area (Å²) in [4.78, 5) is 70.9. The van der Waals surface area contributed by atoms with Crippen LogP contribution in [0.15, 0.2) is 73.6 Å². The van der Waals surface area contributed by atoms with E-state index in [2.05, 4.69) is 40.6 Å². The molecular weight excluding hydrogens is 969 g/mol. The number of morpholine rings is 2. The van der Waals surface area contributed by atoms with Crippen molar-refractivity contribution in [2.24, 2.45) is 11.8 Å². The van der Waals surface area contributed by atoms with Crippen LogP contribution in [0.5, 0.6) is 0 Å². The topological polar surface area (TPSA) is 225 Å². The van der Waals surface area contributed by atoms with Gasteiger partial charge in [0.25, 0.3) is 23.6 Å². The minimum Gasteiger partial charge on any atom is -0.390 e. The number of aromatic nitrogens is 6. The van der Waals surface area contributed by atoms with E-state index >= 15 is 0 Å². The van der Waals surface area contributed by atoms with Crippen LogP contribution in [-0.2, 0) is 22.6 Å². The van der Waals surface area contributed by atoms with Gasteiger partial charge in [0.05, 0.1) is 72.8 Å². The van der Waals surface area contributed by atoms with Crippen LogP contribution in [0.2, 0.25) is 0 Å². The second kappa shape index (κ2) is 20.8. The lowest BCUT2D eigenvalue weighted by molar-refractivity contribution is -0.0113. The molecule has 2 saturated heterocycles. The number of fused-ring (bicyclic) bond motifs is 4. The van der Waals surface area contributed by atoms with Crippen LogP contribution in [0, 0.1) is 11.8 Å². The monoisotopic (exact) mass is 1040 g/mol. The molecule has 6 aromatic rings. The summed E-state index contributed by atoms with van der Waals surface area (Å²) in [5, 5.41) is 35.5. The summed E-state index contributed by atoms with van der Waals surface area (Å²) < 4.78 is 14.2. The molecule has 12 rings (SSSR count). The summed E-state index contributed by atoms with van der Waals surface area (Å²) in [5.41, 5.74) is 6.60. The van der Waals surface area contributed by atoms with Crippen molar-refractivity contribution in [3.8, 4) is 0 Å². The molecule has 4 aliphatic heterocycles. The van der Waals surface area contributed by atoms with Crippen molar-refractivity contribution in [2.45, 2.75) is 115 Å². The van der Waals surface area contributed by atoms with Gasteiger partial charge in [-0.1, -0.05) is 0 Å². The molecule has 76 heavy (non-hydrogen) atoms. The van der Waals surface area contributed by atoms with Gasteiger partial charge in [-0.15, -0.1) is 0 Å². The molecule has 0 spiro atoms. The molecule has 6 aliphatic rings. The molecule has 0 atom stereocenters. The normalized spacial score (nSPS) is 22.1. The second-order valence-electron chi connectivity index (χ2n) is 22.2. The minimum absolute atomic E-state index is 0.0472. The average Bonchev–Trinajstić information content (AvgIpc) is 4.23. The fraction of sp³-hybridized carbons (Fsp3) is 0.500. The molecule has 20 nitrogen and oxygen atoms in total. The molecule has 2 aliphatic carbocycles. The second-order valence-corrected chi connectivity index (χ2v) is 22.2. The molecule has 0 radical (unpaired) electrons. The van der Waals surface area contributed by atoms with Gasteiger partial charge in [0.2, 0.25) is 0 Å². The lowest BCUT2D eigenvalue weighted by Crippen LogP contribution is -2.42. The maximum absolute atomic E-state index is 13.6. The molecule has 4 amide bonds. The van der Waals surface area contributed by atoms with Gasteiger partial charge in [-0.25, -0.2) is 19.0 Å². The van der Waals surface area contributed by atoms with Gasteiger partial charge in [0, 0.05) is 87.3 Å². The van der Waals surface area contributed by atoms with Gasteiger partial charge in [0.1, 0.15) is 11.1 Å². The van der Waals surface area contributed by atoms with Gasteiger partial charge in [-0.05, 0) is 138 Å². The zero-order valence-electron chi connectivity index (χ0n) is 43.8. The maximum Gasteiger partial charge on any atom is 0.261 e. The van der Waals surface area contributed by atoms with E-state index in [1.54, 1.807) is 46.0 Å². The van der Waals surface area contributed by atoms with E-state index in [1.165, 1.54) is 12.4 Å². The molecule has 4 N–H and O–H groups in total. The molecule has 0 unspecified atom stereocenters. The standard InChI is InChI=1S/2C28H34N6O4/c2*1-28(2,37)19-4-6-20(7-5-19)33-17-18-14-23(24(15-21(18)27(33)36)32-10-12-38-13-11-32)31-26(35)22-16-30-34-9-3-8-29-25(22)34/h2*3,8-9,14-16,19-20,37H,4-7,10-13,17H2,1-2H3,(H,31,35). The zero-order chi connectivity index (χ0) is 52.9. The Balaban J connectivity index is 0.000000162. The van der Waals surface area contributed by atoms with Crippen LogP contribution in [0.1, 0.15) is 132 Å². The van der Waals surface area contributed by atoms with E-state index in [-0.39, 0.29) is 47.5 Å². The number of aliphatic hydroxyl groups is 2. The fourth-order valence-corrected chi connectivity index (χ4v) is 12.2. The predicted octanol–water partition coefficient (Wildman–Crippen LogP) is 6.21. The van der Waals surface area contributed by atoms with E-state index in [1.807, 2.05) is 61.8 Å². The Labute approximate surface area is 441 Å². The van der Waals surface area contributed by atoms with Crippen LogP contribution >= 0.6 is 0 Å². The highest BCUT2D eigenvalue weighted by atomic mass is 16.5. The lowest BCUT2D eigenvalue weighted by atomic mass is 9.77. The highest BCUT2D eigenvalue weighted by Gasteiger charge is 2.41. The number of amides is 4. The Morgan fingerprint density at radius 3 is 1.33 bits per heavy atom. The first-order valence-corrected chi connectivity index (χ1v) is 26.8. The van der Waals surface area contributed by atoms with Crippen molar-refractivity contribution < 1.29 is 38.9 Å². The van der Waals surface area contributed by atoms with Crippen LogP contribution in [0.4, 0.5) is 22.7 Å². The molecule has 0 bridgehead atoms. The summed E-state index contributed by atoms with van der Waals surface area (Å²) >= 11 is 0. The van der Waals surface area contributed by atoms with Crippen LogP contribution < -0.4 is 20.4 Å². The van der Waals surface area contributed by atoms with Crippen molar-refractivity contribution >= 4 is 57.7 Å². The fourth-order valence-electron chi connectivity index (χ4n) is 12.2. The Hall–Kier alpha value is -7.00. The number of carbonyl (C=O) groups excluding carboxylic acids is 4. The van der Waals surface area contributed by atoms with Crippen molar-refractivity contribution in [1.82, 2.24) is 39.0 Å². The molecule has 2 aromatic carbocycles. The number of hydrogen-bond acceptors (Lipinski definition) is 14. The summed E-state index contributed by atoms with van der Waals surface area (Å²) in [6, 6.07) is 11.6. The number of hydrogen-bond donors (Lipinski definition) is 4. The molecule has 400 valence electrons. The third-order valence-electron chi connectivity index (χ3n) is 16.6. The number of benzene rings is 2. The Morgan fingerprint density at radius 1 is 0.579 bits per heavy atom. The van der Waals surface area contributed by atoms with E-state index < -0.39 is 11.2 Å². The number of rotatable bonds is 10. The van der Waals surface area contributed by atoms with Crippen molar-refractivity contribution in [3.05, 3.63) is 107 Å². The van der Waals surface area contributed by atoms with E-state index in [4.69, 9.17) is 9.47 Å². The third kappa shape index (κ3) is 10.2. The Bertz CT molecular complexity index is 2940. The van der Waals surface area contributed by atoms with Crippen molar-refractivity contribution in [1.29, 1.82) is 0 Å². The first-order valence-electron chi connectivity index (χ1n) is 26.8. The van der Waals surface area contributed by atoms with Gasteiger partial charge in [-0.2, -0.15) is 10.2 Å². The summed E-state index contributed by atoms with van der Waals surface area (Å²) in [6.45, 7) is 13.6. The maximum atomic E-state index is 13.6. The van der Waals surface area contributed by atoms with Gasteiger partial charge >= 0.3 is 0 Å². The molecule has 2 saturated carbocycles. The molecule has 4 aromatic heterocycles. The number of carbonyl (C=O) groups is 4. The molecule has 4 fully saturated rings. The van der Waals surface area contributed by atoms with Crippen molar-refractivity contribution in [2.75, 3.05) is 73.0 Å². The summed E-state index contributed by atoms with van der Waals surface area (Å²) in [6.07, 6.45) is 17.0. The highest BCUT2D eigenvalue weighted by Crippen LogP contribution is 2.42. The largest absolute Gasteiger partial charge is 0.390 e. The molecular formula is C56H68N12O8. The third-order valence-corrected chi connectivity index (χ3v) is 16.6. The van der Waals surface area contributed by atoms with Crippen LogP contribution in [0.3, 0.4) is 0 Å². The first-order chi connectivity index (χ1) is 36.6. The van der Waals surface area contributed by atoms with E-state index in [0.717, 1.165) is 73.9 Å².